The minimum absolute atomic E-state index is 0.0676. The number of nitrogens with zero attached hydrogens (tertiary/aromatic N) is 1. The van der Waals surface area contributed by atoms with Crippen LogP contribution in [0.15, 0.2) is 12.1 Å². The molecule has 0 aliphatic carbocycles. The summed E-state index contributed by atoms with van der Waals surface area (Å²) < 4.78 is 0. The first-order valence-corrected chi connectivity index (χ1v) is 7.46. The quantitative estimate of drug-likeness (QED) is 0.438. The van der Waals surface area contributed by atoms with Crippen LogP contribution in [0.2, 0.25) is 5.02 Å². The van der Waals surface area contributed by atoms with Gasteiger partial charge in [0.05, 0.1) is 4.92 Å². The van der Waals surface area contributed by atoms with Gasteiger partial charge in [0, 0.05) is 30.7 Å². The van der Waals surface area contributed by atoms with Crippen LogP contribution in [0.1, 0.15) is 12.0 Å². The Labute approximate surface area is 121 Å². The molecule has 0 heterocycles. The van der Waals surface area contributed by atoms with Crippen molar-refractivity contribution in [1.82, 2.24) is 0 Å². The van der Waals surface area contributed by atoms with Crippen molar-refractivity contribution >= 4 is 34.7 Å². The van der Waals surface area contributed by atoms with Crippen molar-refractivity contribution in [3.8, 4) is 0 Å². The number of hydrogen-bond acceptors (Lipinski definition) is 5. The fraction of sp³-hybridized carbons (Fsp3) is 0.500. The van der Waals surface area contributed by atoms with Crippen molar-refractivity contribution in [2.45, 2.75) is 13.3 Å². The molecule has 0 spiro atoms. The van der Waals surface area contributed by atoms with Crippen molar-refractivity contribution in [1.29, 1.82) is 0 Å². The molecule has 7 heteroatoms. The summed E-state index contributed by atoms with van der Waals surface area (Å²) in [5.74, 6) is 1.84. The molecule has 0 aromatic heterocycles. The van der Waals surface area contributed by atoms with Gasteiger partial charge in [-0.3, -0.25) is 10.1 Å². The number of nitro groups is 1. The third-order valence-corrected chi connectivity index (χ3v) is 3.87. The van der Waals surface area contributed by atoms with Gasteiger partial charge in [-0.15, -0.1) is 0 Å². The maximum absolute atomic E-state index is 10.7. The normalized spacial score (nSPS) is 10.5. The summed E-state index contributed by atoms with van der Waals surface area (Å²) in [7, 11) is 0. The SMILES string of the molecule is Cc1cc([N+](=O)[O-])c(Cl)cc1NCCSCCCO. The number of aliphatic hydroxyl groups is 1. The molecule has 0 radical (unpaired) electrons. The van der Waals surface area contributed by atoms with Crippen molar-refractivity contribution in [2.24, 2.45) is 0 Å². The van der Waals surface area contributed by atoms with Gasteiger partial charge < -0.3 is 10.4 Å². The van der Waals surface area contributed by atoms with Gasteiger partial charge in [0.2, 0.25) is 0 Å². The molecule has 0 atom stereocenters. The lowest BCUT2D eigenvalue weighted by Gasteiger charge is -2.10. The summed E-state index contributed by atoms with van der Waals surface area (Å²) in [4.78, 5) is 10.2. The summed E-state index contributed by atoms with van der Waals surface area (Å²) >= 11 is 7.61. The summed E-state index contributed by atoms with van der Waals surface area (Å²) in [5.41, 5.74) is 1.55. The number of halogens is 1. The minimum atomic E-state index is -0.482. The van der Waals surface area contributed by atoms with Crippen LogP contribution in [0.3, 0.4) is 0 Å². The van der Waals surface area contributed by atoms with Crippen LogP contribution in [0.25, 0.3) is 0 Å². The van der Waals surface area contributed by atoms with Gasteiger partial charge in [-0.2, -0.15) is 11.8 Å². The number of rotatable bonds is 8. The van der Waals surface area contributed by atoms with E-state index in [1.54, 1.807) is 17.8 Å². The van der Waals surface area contributed by atoms with Crippen molar-refractivity contribution in [3.63, 3.8) is 0 Å². The first-order valence-electron chi connectivity index (χ1n) is 5.93. The van der Waals surface area contributed by atoms with Crippen LogP contribution in [0.5, 0.6) is 0 Å². The highest BCUT2D eigenvalue weighted by atomic mass is 35.5. The van der Waals surface area contributed by atoms with E-state index in [0.717, 1.165) is 35.7 Å². The van der Waals surface area contributed by atoms with E-state index >= 15 is 0 Å². The van der Waals surface area contributed by atoms with Gasteiger partial charge in [0.15, 0.2) is 0 Å². The Morgan fingerprint density at radius 3 is 2.84 bits per heavy atom. The summed E-state index contributed by atoms with van der Waals surface area (Å²) in [5, 5.41) is 22.7. The average molecular weight is 305 g/mol. The molecule has 0 unspecified atom stereocenters. The van der Waals surface area contributed by atoms with Gasteiger partial charge in [-0.1, -0.05) is 11.6 Å². The number of nitro benzene ring substituents is 1. The number of anilines is 1. The highest BCUT2D eigenvalue weighted by molar-refractivity contribution is 7.99. The number of aliphatic hydroxyl groups excluding tert-OH is 1. The van der Waals surface area contributed by atoms with Crippen LogP contribution in [-0.4, -0.2) is 34.7 Å². The molecule has 0 saturated carbocycles. The molecular weight excluding hydrogens is 288 g/mol. The van der Waals surface area contributed by atoms with Gasteiger partial charge >= 0.3 is 0 Å². The lowest BCUT2D eigenvalue weighted by Crippen LogP contribution is -2.06. The number of hydrogen-bond donors (Lipinski definition) is 2. The highest BCUT2D eigenvalue weighted by Crippen LogP contribution is 2.30. The van der Waals surface area contributed by atoms with E-state index in [1.807, 2.05) is 6.92 Å². The fourth-order valence-electron chi connectivity index (χ4n) is 1.52. The number of aryl methyl sites for hydroxylation is 1. The Morgan fingerprint density at radius 1 is 1.47 bits per heavy atom. The minimum Gasteiger partial charge on any atom is -0.396 e. The monoisotopic (exact) mass is 304 g/mol. The molecule has 0 aliphatic rings. The second-order valence-electron chi connectivity index (χ2n) is 3.99. The first kappa shape index (κ1) is 16.1. The fourth-order valence-corrected chi connectivity index (χ4v) is 2.54. The van der Waals surface area contributed by atoms with Crippen LogP contribution in [0.4, 0.5) is 11.4 Å². The Hall–Kier alpha value is -0.980. The second-order valence-corrected chi connectivity index (χ2v) is 5.62. The molecule has 106 valence electrons. The number of nitrogens with one attached hydrogen (secondary N) is 1. The maximum atomic E-state index is 10.7. The molecule has 1 aromatic rings. The zero-order valence-corrected chi connectivity index (χ0v) is 12.3. The van der Waals surface area contributed by atoms with Crippen LogP contribution >= 0.6 is 23.4 Å². The zero-order valence-electron chi connectivity index (χ0n) is 10.7. The van der Waals surface area contributed by atoms with E-state index in [4.69, 9.17) is 16.7 Å². The maximum Gasteiger partial charge on any atom is 0.288 e. The molecule has 1 aromatic carbocycles. The molecule has 0 bridgehead atoms. The topological polar surface area (TPSA) is 75.4 Å². The zero-order chi connectivity index (χ0) is 14.3. The largest absolute Gasteiger partial charge is 0.396 e. The van der Waals surface area contributed by atoms with Gasteiger partial charge in [0.25, 0.3) is 5.69 Å². The van der Waals surface area contributed by atoms with E-state index in [1.165, 1.54) is 6.07 Å². The molecule has 0 saturated heterocycles. The van der Waals surface area contributed by atoms with Crippen molar-refractivity contribution in [2.75, 3.05) is 30.0 Å². The van der Waals surface area contributed by atoms with Crippen molar-refractivity contribution < 1.29 is 10.0 Å². The molecular formula is C12H17ClN2O3S. The molecule has 0 amide bonds. The van der Waals surface area contributed by atoms with E-state index in [9.17, 15) is 10.1 Å². The third-order valence-electron chi connectivity index (χ3n) is 2.50. The number of thioether (sulfide) groups is 1. The predicted molar refractivity (Wildman–Crippen MR) is 80.4 cm³/mol. The molecule has 2 N–H and O–H groups in total. The standard InChI is InChI=1S/C12H17ClN2O3S/c1-9-7-12(15(17)18)10(13)8-11(9)14-3-6-19-5-2-4-16/h7-8,14,16H,2-6H2,1H3. The Bertz CT molecular complexity index is 443. The Kier molecular flexibility index (Phi) is 6.97. The van der Waals surface area contributed by atoms with Crippen LogP contribution < -0.4 is 5.32 Å². The summed E-state index contributed by atoms with van der Waals surface area (Å²) in [6.45, 7) is 2.78. The highest BCUT2D eigenvalue weighted by Gasteiger charge is 2.14. The van der Waals surface area contributed by atoms with Gasteiger partial charge in [0.1, 0.15) is 5.02 Å². The van der Waals surface area contributed by atoms with Crippen LogP contribution in [0, 0.1) is 17.0 Å². The average Bonchev–Trinajstić information content (AvgIpc) is 2.36. The van der Waals surface area contributed by atoms with Gasteiger partial charge in [-0.05, 0) is 30.7 Å². The first-order chi connectivity index (χ1) is 9.06. The van der Waals surface area contributed by atoms with Crippen molar-refractivity contribution in [3.05, 3.63) is 32.8 Å². The van der Waals surface area contributed by atoms with Crippen LogP contribution in [-0.2, 0) is 0 Å². The molecule has 1 rings (SSSR count). The Morgan fingerprint density at radius 2 is 2.21 bits per heavy atom. The predicted octanol–water partition coefficient (Wildman–Crippen LogP) is 3.08. The molecule has 5 nitrogen and oxygen atoms in total. The smallest absolute Gasteiger partial charge is 0.288 e. The van der Waals surface area contributed by atoms with E-state index in [2.05, 4.69) is 5.32 Å². The molecule has 0 fully saturated rings. The van der Waals surface area contributed by atoms with E-state index < -0.39 is 4.92 Å². The summed E-state index contributed by atoms with van der Waals surface area (Å²) in [6, 6.07) is 3.07. The Balaban J connectivity index is 2.50. The number of benzene rings is 1. The molecule has 0 aliphatic heterocycles. The lowest BCUT2D eigenvalue weighted by atomic mass is 10.2. The van der Waals surface area contributed by atoms with E-state index in [-0.39, 0.29) is 17.3 Å². The van der Waals surface area contributed by atoms with E-state index in [0.29, 0.717) is 0 Å². The van der Waals surface area contributed by atoms with Gasteiger partial charge in [-0.25, -0.2) is 0 Å². The lowest BCUT2D eigenvalue weighted by molar-refractivity contribution is -0.384. The second kappa shape index (κ2) is 8.24. The molecule has 19 heavy (non-hydrogen) atoms. The third kappa shape index (κ3) is 5.26. The summed E-state index contributed by atoms with van der Waals surface area (Å²) in [6.07, 6.45) is 0.799.